The molecule has 2 aromatic rings. The van der Waals surface area contributed by atoms with Gasteiger partial charge >= 0.3 is 0 Å². The fraction of sp³-hybridized carbons (Fsp3) is 0.333. The summed E-state index contributed by atoms with van der Waals surface area (Å²) in [6.45, 7) is 6.22. The fourth-order valence-corrected chi connectivity index (χ4v) is 4.11. The topological polar surface area (TPSA) is 57.2 Å². The Bertz CT molecular complexity index is 992. The zero-order valence-electron chi connectivity index (χ0n) is 18.5. The molecule has 1 heterocycles. The van der Waals surface area contributed by atoms with Gasteiger partial charge in [-0.3, -0.25) is 9.69 Å². The first-order valence-electron chi connectivity index (χ1n) is 10.4. The number of benzene rings is 2. The van der Waals surface area contributed by atoms with E-state index in [9.17, 15) is 4.79 Å². The largest absolute Gasteiger partial charge is 0.491 e. The van der Waals surface area contributed by atoms with Crippen LogP contribution < -0.4 is 14.2 Å². The molecule has 170 valence electrons. The molecule has 0 N–H and O–H groups in total. The number of carbonyl (C=O) groups excluding carboxylic acids is 1. The molecule has 0 radical (unpaired) electrons. The van der Waals surface area contributed by atoms with Gasteiger partial charge in [0.1, 0.15) is 23.3 Å². The van der Waals surface area contributed by atoms with Crippen molar-refractivity contribution in [2.75, 3.05) is 40.1 Å². The van der Waals surface area contributed by atoms with Crippen molar-refractivity contribution >= 4 is 40.3 Å². The number of carbonyl (C=O) groups is 1. The Labute approximate surface area is 198 Å². The molecule has 1 aliphatic heterocycles. The molecule has 1 fully saturated rings. The first-order valence-corrected chi connectivity index (χ1v) is 11.6. The Hall–Kier alpha value is -2.55. The van der Waals surface area contributed by atoms with Crippen LogP contribution in [-0.2, 0) is 9.53 Å². The third-order valence-electron chi connectivity index (χ3n) is 4.52. The smallest absolute Gasteiger partial charge is 0.265 e. The predicted octanol–water partition coefficient (Wildman–Crippen LogP) is 4.70. The highest BCUT2D eigenvalue weighted by molar-refractivity contribution is 8.26. The number of amides is 1. The van der Waals surface area contributed by atoms with E-state index in [0.717, 1.165) is 16.9 Å². The lowest BCUT2D eigenvalue weighted by molar-refractivity contribution is -0.121. The van der Waals surface area contributed by atoms with Crippen molar-refractivity contribution in [1.82, 2.24) is 4.90 Å². The molecular formula is C24H27NO5S2. The van der Waals surface area contributed by atoms with Gasteiger partial charge in [-0.15, -0.1) is 0 Å². The van der Waals surface area contributed by atoms with Crippen molar-refractivity contribution in [1.29, 1.82) is 0 Å². The molecule has 0 unspecified atom stereocenters. The first kappa shape index (κ1) is 24.1. The van der Waals surface area contributed by atoms with Gasteiger partial charge in [0.2, 0.25) is 0 Å². The number of ether oxygens (including phenoxy) is 4. The van der Waals surface area contributed by atoms with Crippen LogP contribution in [0.2, 0.25) is 0 Å². The maximum absolute atomic E-state index is 12.2. The van der Waals surface area contributed by atoms with Crippen LogP contribution in [0.3, 0.4) is 0 Å². The number of thiocarbonyl (C=S) groups is 1. The van der Waals surface area contributed by atoms with Crippen molar-refractivity contribution in [2.45, 2.75) is 13.8 Å². The second-order valence-corrected chi connectivity index (χ2v) is 8.68. The minimum Gasteiger partial charge on any atom is -0.491 e. The maximum atomic E-state index is 12.2. The lowest BCUT2D eigenvalue weighted by Gasteiger charge is -2.13. The lowest BCUT2D eigenvalue weighted by atomic mass is 10.2. The van der Waals surface area contributed by atoms with E-state index in [0.29, 0.717) is 53.8 Å². The average Bonchev–Trinajstić information content (AvgIpc) is 3.01. The molecule has 3 rings (SSSR count). The number of likely N-dealkylation sites (N-methyl/N-ethyl adjacent to an activating group) is 1. The van der Waals surface area contributed by atoms with Crippen molar-refractivity contribution < 1.29 is 23.7 Å². The van der Waals surface area contributed by atoms with Gasteiger partial charge in [-0.2, -0.15) is 0 Å². The lowest BCUT2D eigenvalue weighted by Crippen LogP contribution is -2.22. The number of nitrogens with zero attached hydrogens (tertiary/aromatic N) is 1. The summed E-state index contributed by atoms with van der Waals surface area (Å²) < 4.78 is 23.4. The Balaban J connectivity index is 1.47. The number of thioether (sulfide) groups is 1. The molecule has 0 atom stereocenters. The average molecular weight is 474 g/mol. The molecular weight excluding hydrogens is 446 g/mol. The van der Waals surface area contributed by atoms with Gasteiger partial charge in [0.15, 0.2) is 11.5 Å². The number of rotatable bonds is 11. The van der Waals surface area contributed by atoms with Crippen molar-refractivity contribution in [3.63, 3.8) is 0 Å². The molecule has 8 heteroatoms. The second kappa shape index (κ2) is 11.9. The van der Waals surface area contributed by atoms with Crippen LogP contribution in [0.25, 0.3) is 6.08 Å². The zero-order chi connectivity index (χ0) is 22.9. The summed E-state index contributed by atoms with van der Waals surface area (Å²) in [4.78, 5) is 14.3. The highest BCUT2D eigenvalue weighted by Gasteiger charge is 2.28. The van der Waals surface area contributed by atoms with E-state index >= 15 is 0 Å². The Morgan fingerprint density at radius 1 is 1.00 bits per heavy atom. The van der Waals surface area contributed by atoms with Gasteiger partial charge in [-0.1, -0.05) is 42.2 Å². The van der Waals surface area contributed by atoms with Crippen LogP contribution in [0, 0.1) is 6.92 Å². The summed E-state index contributed by atoms with van der Waals surface area (Å²) in [7, 11) is 1.68. The molecule has 1 saturated heterocycles. The highest BCUT2D eigenvalue weighted by Crippen LogP contribution is 2.34. The molecule has 0 aliphatic carbocycles. The standard InChI is InChI=1S/C24H27NO5S2/c1-4-28-21-15-18(16-22-23(26)25(3)24(31)32-22)8-9-20(21)30-13-11-27-10-12-29-19-7-5-6-17(2)14-19/h5-9,14-16H,4,10-13H2,1-3H3/b22-16+. The van der Waals surface area contributed by atoms with E-state index in [1.807, 2.05) is 62.4 Å². The summed E-state index contributed by atoms with van der Waals surface area (Å²) in [6, 6.07) is 13.5. The van der Waals surface area contributed by atoms with Gasteiger partial charge in [-0.05, 0) is 55.3 Å². The monoisotopic (exact) mass is 473 g/mol. The van der Waals surface area contributed by atoms with Crippen LogP contribution in [0.1, 0.15) is 18.1 Å². The molecule has 1 aliphatic rings. The Morgan fingerprint density at radius 3 is 2.47 bits per heavy atom. The van der Waals surface area contributed by atoms with Crippen LogP contribution in [0.5, 0.6) is 17.2 Å². The van der Waals surface area contributed by atoms with E-state index in [1.165, 1.54) is 16.7 Å². The molecule has 0 spiro atoms. The van der Waals surface area contributed by atoms with E-state index in [-0.39, 0.29) is 5.91 Å². The molecule has 32 heavy (non-hydrogen) atoms. The SMILES string of the molecule is CCOc1cc(/C=C2/SC(=S)N(C)C2=O)ccc1OCCOCCOc1cccc(C)c1. The van der Waals surface area contributed by atoms with Gasteiger partial charge in [0.05, 0.1) is 24.7 Å². The first-order chi connectivity index (χ1) is 15.5. The summed E-state index contributed by atoms with van der Waals surface area (Å²) in [6.07, 6.45) is 1.81. The molecule has 0 aromatic heterocycles. The summed E-state index contributed by atoms with van der Waals surface area (Å²) in [5.41, 5.74) is 2.01. The Morgan fingerprint density at radius 2 is 1.78 bits per heavy atom. The van der Waals surface area contributed by atoms with Crippen LogP contribution >= 0.6 is 24.0 Å². The van der Waals surface area contributed by atoms with Gasteiger partial charge in [0.25, 0.3) is 5.91 Å². The van der Waals surface area contributed by atoms with Crippen LogP contribution in [0.15, 0.2) is 47.4 Å². The van der Waals surface area contributed by atoms with E-state index in [1.54, 1.807) is 7.05 Å². The van der Waals surface area contributed by atoms with Gasteiger partial charge in [0, 0.05) is 7.05 Å². The molecule has 0 bridgehead atoms. The van der Waals surface area contributed by atoms with Crippen LogP contribution in [0.4, 0.5) is 0 Å². The zero-order valence-corrected chi connectivity index (χ0v) is 20.1. The summed E-state index contributed by atoms with van der Waals surface area (Å²) in [5.74, 6) is 2.00. The quantitative estimate of drug-likeness (QED) is 0.266. The van der Waals surface area contributed by atoms with E-state index < -0.39 is 0 Å². The summed E-state index contributed by atoms with van der Waals surface area (Å²) >= 11 is 6.47. The second-order valence-electron chi connectivity index (χ2n) is 7.01. The number of hydrogen-bond donors (Lipinski definition) is 0. The maximum Gasteiger partial charge on any atom is 0.265 e. The molecule has 1 amide bonds. The van der Waals surface area contributed by atoms with Gasteiger partial charge in [-0.25, -0.2) is 0 Å². The van der Waals surface area contributed by atoms with Crippen molar-refractivity contribution in [3.8, 4) is 17.2 Å². The fourth-order valence-electron chi connectivity index (χ4n) is 2.94. The van der Waals surface area contributed by atoms with Crippen molar-refractivity contribution in [3.05, 3.63) is 58.5 Å². The molecule has 0 saturated carbocycles. The Kier molecular flexibility index (Phi) is 8.96. The third-order valence-corrected chi connectivity index (χ3v) is 6.01. The minimum absolute atomic E-state index is 0.0955. The van der Waals surface area contributed by atoms with Crippen LogP contribution in [-0.4, -0.2) is 55.2 Å². The normalized spacial score (nSPS) is 14.8. The third kappa shape index (κ3) is 6.72. The van der Waals surface area contributed by atoms with E-state index in [2.05, 4.69) is 0 Å². The highest BCUT2D eigenvalue weighted by atomic mass is 32.2. The van der Waals surface area contributed by atoms with Crippen molar-refractivity contribution in [2.24, 2.45) is 0 Å². The molecule has 2 aromatic carbocycles. The number of hydrogen-bond acceptors (Lipinski definition) is 7. The number of aryl methyl sites for hydroxylation is 1. The van der Waals surface area contributed by atoms with Gasteiger partial charge < -0.3 is 18.9 Å². The predicted molar refractivity (Wildman–Crippen MR) is 132 cm³/mol. The van der Waals surface area contributed by atoms with E-state index in [4.69, 9.17) is 31.2 Å². The molecule has 6 nitrogen and oxygen atoms in total. The summed E-state index contributed by atoms with van der Waals surface area (Å²) in [5, 5.41) is 0. The minimum atomic E-state index is -0.0955.